The Kier molecular flexibility index (Phi) is 1.26. The van der Waals surface area contributed by atoms with Crippen molar-refractivity contribution in [1.82, 2.24) is 10.0 Å². The van der Waals surface area contributed by atoms with Crippen molar-refractivity contribution in [3.05, 3.63) is 0 Å². The Balaban J connectivity index is 2.15. The molecule has 2 saturated heterocycles. The summed E-state index contributed by atoms with van der Waals surface area (Å²) in [6.45, 7) is 4.36. The quantitative estimate of drug-likeness (QED) is 0.468. The molecule has 2 fully saturated rings. The zero-order chi connectivity index (χ0) is 7.19. The van der Waals surface area contributed by atoms with E-state index in [1.165, 1.54) is 6.42 Å². The number of halogens is 1. The van der Waals surface area contributed by atoms with E-state index in [4.69, 9.17) is 0 Å². The third-order valence-corrected chi connectivity index (χ3v) is 2.74. The van der Waals surface area contributed by atoms with Crippen molar-refractivity contribution in [3.8, 4) is 0 Å². The SMILES string of the molecule is CC12CCCN1CN(F)C2. The van der Waals surface area contributed by atoms with Crippen LogP contribution in [0.4, 0.5) is 4.48 Å². The van der Waals surface area contributed by atoms with Crippen molar-refractivity contribution < 1.29 is 4.48 Å². The first-order valence-electron chi connectivity index (χ1n) is 3.86. The summed E-state index contributed by atoms with van der Waals surface area (Å²) in [4.78, 5) is 2.23. The zero-order valence-electron chi connectivity index (χ0n) is 6.31. The first-order chi connectivity index (χ1) is 4.71. The van der Waals surface area contributed by atoms with Crippen molar-refractivity contribution >= 4 is 0 Å². The van der Waals surface area contributed by atoms with Crippen LogP contribution in [-0.4, -0.2) is 35.3 Å². The minimum Gasteiger partial charge on any atom is -0.281 e. The zero-order valence-corrected chi connectivity index (χ0v) is 6.31. The van der Waals surface area contributed by atoms with Gasteiger partial charge in [0.25, 0.3) is 0 Å². The lowest BCUT2D eigenvalue weighted by Crippen LogP contribution is -2.36. The monoisotopic (exact) mass is 144 g/mol. The van der Waals surface area contributed by atoms with Crippen molar-refractivity contribution in [3.63, 3.8) is 0 Å². The highest BCUT2D eigenvalue weighted by molar-refractivity contribution is 4.96. The molecule has 3 heteroatoms. The van der Waals surface area contributed by atoms with Gasteiger partial charge >= 0.3 is 0 Å². The molecule has 0 radical (unpaired) electrons. The fourth-order valence-corrected chi connectivity index (χ4v) is 2.10. The molecule has 0 spiro atoms. The van der Waals surface area contributed by atoms with Crippen LogP contribution in [0.1, 0.15) is 19.8 Å². The molecule has 2 nitrogen and oxygen atoms in total. The van der Waals surface area contributed by atoms with E-state index in [9.17, 15) is 4.48 Å². The highest BCUT2D eigenvalue weighted by Gasteiger charge is 2.44. The predicted molar refractivity (Wildman–Crippen MR) is 37.0 cm³/mol. The molecule has 1 unspecified atom stereocenters. The highest BCUT2D eigenvalue weighted by atomic mass is 19.2. The van der Waals surface area contributed by atoms with Gasteiger partial charge in [0.2, 0.25) is 0 Å². The van der Waals surface area contributed by atoms with E-state index in [0.717, 1.165) is 18.1 Å². The van der Waals surface area contributed by atoms with Crippen molar-refractivity contribution in [1.29, 1.82) is 0 Å². The van der Waals surface area contributed by atoms with Gasteiger partial charge in [0.1, 0.15) is 0 Å². The molecule has 0 bridgehead atoms. The van der Waals surface area contributed by atoms with E-state index < -0.39 is 0 Å². The second-order valence-electron chi connectivity index (χ2n) is 3.63. The molecule has 0 N–H and O–H groups in total. The Morgan fingerprint density at radius 2 is 2.30 bits per heavy atom. The van der Waals surface area contributed by atoms with Crippen LogP contribution in [0, 0.1) is 0 Å². The van der Waals surface area contributed by atoms with Gasteiger partial charge in [0.05, 0.1) is 6.67 Å². The molecule has 2 aliphatic rings. The first-order valence-corrected chi connectivity index (χ1v) is 3.86. The summed E-state index contributed by atoms with van der Waals surface area (Å²) in [7, 11) is 0. The van der Waals surface area contributed by atoms with Crippen LogP contribution in [0.15, 0.2) is 0 Å². The Labute approximate surface area is 60.5 Å². The molecule has 10 heavy (non-hydrogen) atoms. The van der Waals surface area contributed by atoms with Crippen molar-refractivity contribution in [2.75, 3.05) is 19.8 Å². The van der Waals surface area contributed by atoms with E-state index in [1.54, 1.807) is 0 Å². The van der Waals surface area contributed by atoms with E-state index >= 15 is 0 Å². The largest absolute Gasteiger partial charge is 0.281 e. The van der Waals surface area contributed by atoms with Gasteiger partial charge in [0, 0.05) is 18.6 Å². The van der Waals surface area contributed by atoms with Gasteiger partial charge in [-0.15, -0.1) is 9.60 Å². The van der Waals surface area contributed by atoms with Crippen molar-refractivity contribution in [2.45, 2.75) is 25.3 Å². The lowest BCUT2D eigenvalue weighted by molar-refractivity contribution is 0.0349. The van der Waals surface area contributed by atoms with Crippen LogP contribution in [-0.2, 0) is 0 Å². The van der Waals surface area contributed by atoms with Gasteiger partial charge in [0.15, 0.2) is 0 Å². The predicted octanol–water partition coefficient (Wildman–Crippen LogP) is 0.999. The third kappa shape index (κ3) is 0.772. The fraction of sp³-hybridized carbons (Fsp3) is 1.00. The average molecular weight is 144 g/mol. The maximum Gasteiger partial charge on any atom is 0.0812 e. The molecular formula is C7H13FN2. The Bertz CT molecular complexity index is 151. The maximum absolute atomic E-state index is 12.7. The summed E-state index contributed by atoms with van der Waals surface area (Å²) in [5.41, 5.74) is 0.161. The lowest BCUT2D eigenvalue weighted by atomic mass is 10.0. The summed E-state index contributed by atoms with van der Waals surface area (Å²) in [5.74, 6) is 0. The molecular weight excluding hydrogens is 131 g/mol. The van der Waals surface area contributed by atoms with Gasteiger partial charge in [-0.1, -0.05) is 0 Å². The minimum atomic E-state index is 0.161. The molecule has 0 aromatic heterocycles. The smallest absolute Gasteiger partial charge is 0.0812 e. The number of hydrogen-bond acceptors (Lipinski definition) is 2. The second kappa shape index (κ2) is 1.92. The molecule has 2 aliphatic heterocycles. The lowest BCUT2D eigenvalue weighted by Gasteiger charge is -2.24. The molecule has 0 saturated carbocycles. The Morgan fingerprint density at radius 3 is 3.00 bits per heavy atom. The molecule has 0 aliphatic carbocycles. The van der Waals surface area contributed by atoms with Gasteiger partial charge in [-0.05, 0) is 19.8 Å². The summed E-state index contributed by atoms with van der Waals surface area (Å²) < 4.78 is 12.7. The molecule has 0 aromatic carbocycles. The topological polar surface area (TPSA) is 6.48 Å². The molecule has 58 valence electrons. The van der Waals surface area contributed by atoms with Gasteiger partial charge in [-0.25, -0.2) is 0 Å². The van der Waals surface area contributed by atoms with Crippen LogP contribution < -0.4 is 0 Å². The Morgan fingerprint density at radius 1 is 1.50 bits per heavy atom. The van der Waals surface area contributed by atoms with Crippen LogP contribution in [0.2, 0.25) is 0 Å². The van der Waals surface area contributed by atoms with Crippen molar-refractivity contribution in [2.24, 2.45) is 0 Å². The third-order valence-electron chi connectivity index (χ3n) is 2.74. The molecule has 2 heterocycles. The first kappa shape index (κ1) is 6.55. The minimum absolute atomic E-state index is 0.161. The second-order valence-corrected chi connectivity index (χ2v) is 3.63. The molecule has 1 atom stereocenters. The number of hydrogen-bond donors (Lipinski definition) is 0. The van der Waals surface area contributed by atoms with Gasteiger partial charge in [-0.2, -0.15) is 0 Å². The van der Waals surface area contributed by atoms with Crippen LogP contribution in [0.3, 0.4) is 0 Å². The average Bonchev–Trinajstić information content (AvgIpc) is 2.20. The van der Waals surface area contributed by atoms with Crippen LogP contribution in [0.25, 0.3) is 0 Å². The summed E-state index contributed by atoms with van der Waals surface area (Å²) in [6.07, 6.45) is 2.40. The standard InChI is InChI=1S/C7H13FN2/c1-7-3-2-4-9(7)6-10(8)5-7/h2-6H2,1H3. The molecule has 0 amide bonds. The summed E-state index contributed by atoms with van der Waals surface area (Å²) in [5, 5.41) is 0.916. The number of nitrogens with zero attached hydrogens (tertiary/aromatic N) is 2. The summed E-state index contributed by atoms with van der Waals surface area (Å²) >= 11 is 0. The highest BCUT2D eigenvalue weighted by Crippen LogP contribution is 2.34. The fourth-order valence-electron chi connectivity index (χ4n) is 2.10. The van der Waals surface area contributed by atoms with E-state index in [2.05, 4.69) is 11.8 Å². The molecule has 2 rings (SSSR count). The maximum atomic E-state index is 12.7. The molecule has 0 aromatic rings. The van der Waals surface area contributed by atoms with Crippen LogP contribution in [0.5, 0.6) is 0 Å². The van der Waals surface area contributed by atoms with Gasteiger partial charge < -0.3 is 0 Å². The number of rotatable bonds is 0. The van der Waals surface area contributed by atoms with E-state index in [0.29, 0.717) is 13.2 Å². The van der Waals surface area contributed by atoms with Gasteiger partial charge in [-0.3, -0.25) is 4.90 Å². The van der Waals surface area contributed by atoms with E-state index in [1.807, 2.05) is 0 Å². The Hall–Kier alpha value is -0.150. The summed E-state index contributed by atoms with van der Waals surface area (Å²) in [6, 6.07) is 0. The number of fused-ring (bicyclic) bond motifs is 1. The van der Waals surface area contributed by atoms with Crippen LogP contribution >= 0.6 is 0 Å². The normalized spacial score (nSPS) is 42.6. The van der Waals surface area contributed by atoms with E-state index in [-0.39, 0.29) is 5.54 Å².